The van der Waals surface area contributed by atoms with Crippen LogP contribution in [0, 0.1) is 9.49 Å². The van der Waals surface area contributed by atoms with Gasteiger partial charge in [-0.25, -0.2) is 0 Å². The predicted molar refractivity (Wildman–Crippen MR) is 76.5 cm³/mol. The van der Waals surface area contributed by atoms with Crippen LogP contribution >= 0.6 is 38.5 Å². The monoisotopic (exact) mass is 393 g/mol. The van der Waals surface area contributed by atoms with E-state index in [2.05, 4.69) is 50.8 Å². The summed E-state index contributed by atoms with van der Waals surface area (Å²) in [4.78, 5) is 12.0. The summed E-state index contributed by atoms with van der Waals surface area (Å²) >= 11 is 5.58. The third kappa shape index (κ3) is 2.77. The van der Waals surface area contributed by atoms with Gasteiger partial charge in [-0.2, -0.15) is 0 Å². The first-order chi connectivity index (χ1) is 7.56. The van der Waals surface area contributed by atoms with Gasteiger partial charge in [0.25, 0.3) is 5.91 Å². The third-order valence-corrected chi connectivity index (χ3v) is 4.32. The molecular weight excluding hydrogens is 381 g/mol. The Kier molecular flexibility index (Phi) is 3.89. The maximum atomic E-state index is 12.0. The lowest BCUT2D eigenvalue weighted by molar-refractivity contribution is 0.0895. The third-order valence-electron chi connectivity index (χ3n) is 2.88. The maximum Gasteiger partial charge on any atom is 0.252 e. The first-order valence-corrected chi connectivity index (χ1v) is 7.19. The Hall–Kier alpha value is -0.100. The Bertz CT molecular complexity index is 415. The molecule has 2 rings (SSSR count). The normalized spacial score (nSPS) is 23.7. The lowest BCUT2D eigenvalue weighted by Crippen LogP contribution is -2.43. The predicted octanol–water partition coefficient (Wildman–Crippen LogP) is 3.58. The van der Waals surface area contributed by atoms with Crippen LogP contribution in [0.2, 0.25) is 0 Å². The van der Waals surface area contributed by atoms with Crippen molar-refractivity contribution in [2.75, 3.05) is 0 Å². The van der Waals surface area contributed by atoms with Crippen LogP contribution < -0.4 is 5.32 Å². The molecule has 0 aliphatic heterocycles. The van der Waals surface area contributed by atoms with Crippen LogP contribution in [0.5, 0.6) is 0 Å². The molecule has 1 aliphatic rings. The molecule has 1 aliphatic carbocycles. The molecule has 0 radical (unpaired) electrons. The molecule has 0 saturated heterocycles. The lowest BCUT2D eigenvalue weighted by atomic mass is 9.82. The largest absolute Gasteiger partial charge is 0.349 e. The van der Waals surface area contributed by atoms with Crippen LogP contribution in [0.3, 0.4) is 0 Å². The number of hydrogen-bond donors (Lipinski definition) is 1. The average Bonchev–Trinajstić information content (AvgIpc) is 2.19. The van der Waals surface area contributed by atoms with Gasteiger partial charge in [0.2, 0.25) is 0 Å². The van der Waals surface area contributed by atoms with Crippen LogP contribution in [-0.4, -0.2) is 11.9 Å². The number of nitrogens with one attached hydrogen (secondary N) is 1. The van der Waals surface area contributed by atoms with E-state index in [-0.39, 0.29) is 5.91 Å². The van der Waals surface area contributed by atoms with Crippen molar-refractivity contribution >= 4 is 44.4 Å². The molecular formula is C12H13BrINO. The first-order valence-electron chi connectivity index (χ1n) is 5.32. The van der Waals surface area contributed by atoms with Crippen molar-refractivity contribution in [3.05, 3.63) is 31.8 Å². The SMILES string of the molecule is CC1CC(NC(=O)c2cc(Br)ccc2I)C1. The Morgan fingerprint density at radius 2 is 2.19 bits per heavy atom. The molecule has 0 unspecified atom stereocenters. The van der Waals surface area contributed by atoms with Gasteiger partial charge in [-0.05, 0) is 59.5 Å². The number of hydrogen-bond acceptors (Lipinski definition) is 1. The molecule has 0 atom stereocenters. The van der Waals surface area contributed by atoms with Gasteiger partial charge in [-0.1, -0.05) is 22.9 Å². The van der Waals surface area contributed by atoms with E-state index in [1.807, 2.05) is 18.2 Å². The van der Waals surface area contributed by atoms with Crippen molar-refractivity contribution in [1.29, 1.82) is 0 Å². The van der Waals surface area contributed by atoms with Gasteiger partial charge < -0.3 is 5.32 Å². The van der Waals surface area contributed by atoms with E-state index in [0.717, 1.165) is 32.4 Å². The quantitative estimate of drug-likeness (QED) is 0.764. The highest BCUT2D eigenvalue weighted by atomic mass is 127. The summed E-state index contributed by atoms with van der Waals surface area (Å²) in [6, 6.07) is 6.14. The minimum Gasteiger partial charge on any atom is -0.349 e. The van der Waals surface area contributed by atoms with Gasteiger partial charge in [-0.15, -0.1) is 0 Å². The summed E-state index contributed by atoms with van der Waals surface area (Å²) in [5, 5.41) is 3.07. The van der Waals surface area contributed by atoms with E-state index in [1.54, 1.807) is 0 Å². The smallest absolute Gasteiger partial charge is 0.252 e. The molecule has 4 heteroatoms. The highest BCUT2D eigenvalue weighted by Gasteiger charge is 2.27. The van der Waals surface area contributed by atoms with Crippen LogP contribution in [0.1, 0.15) is 30.1 Å². The molecule has 0 bridgehead atoms. The number of carbonyl (C=O) groups is 1. The van der Waals surface area contributed by atoms with Gasteiger partial charge in [0.15, 0.2) is 0 Å². The first kappa shape index (κ1) is 12.4. The molecule has 1 N–H and O–H groups in total. The van der Waals surface area contributed by atoms with Gasteiger partial charge in [0.1, 0.15) is 0 Å². The summed E-state index contributed by atoms with van der Waals surface area (Å²) in [5.41, 5.74) is 0.759. The number of carbonyl (C=O) groups excluding carboxylic acids is 1. The fraction of sp³-hybridized carbons (Fsp3) is 0.417. The maximum absolute atomic E-state index is 12.0. The molecule has 1 fully saturated rings. The van der Waals surface area contributed by atoms with E-state index >= 15 is 0 Å². The molecule has 0 spiro atoms. The fourth-order valence-electron chi connectivity index (χ4n) is 1.95. The number of halogens is 2. The highest BCUT2D eigenvalue weighted by molar-refractivity contribution is 14.1. The standard InChI is InChI=1S/C12H13BrINO/c1-7-4-9(5-7)15-12(16)10-6-8(13)2-3-11(10)14/h2-3,6-7,9H,4-5H2,1H3,(H,15,16). The van der Waals surface area contributed by atoms with Gasteiger partial charge in [-0.3, -0.25) is 4.79 Å². The van der Waals surface area contributed by atoms with Crippen LogP contribution in [0.15, 0.2) is 22.7 Å². The van der Waals surface area contributed by atoms with Crippen molar-refractivity contribution in [2.24, 2.45) is 5.92 Å². The molecule has 1 saturated carbocycles. The van der Waals surface area contributed by atoms with Crippen LogP contribution in [0.25, 0.3) is 0 Å². The Labute approximate surface area is 117 Å². The molecule has 2 nitrogen and oxygen atoms in total. The fourth-order valence-corrected chi connectivity index (χ4v) is 2.90. The number of benzene rings is 1. The summed E-state index contributed by atoms with van der Waals surface area (Å²) in [6.45, 7) is 2.21. The van der Waals surface area contributed by atoms with E-state index < -0.39 is 0 Å². The van der Waals surface area contributed by atoms with E-state index in [1.165, 1.54) is 0 Å². The molecule has 0 heterocycles. The average molecular weight is 394 g/mol. The molecule has 1 aromatic carbocycles. The lowest BCUT2D eigenvalue weighted by Gasteiger charge is -2.33. The Balaban J connectivity index is 2.05. The summed E-state index contributed by atoms with van der Waals surface area (Å²) in [6.07, 6.45) is 2.21. The van der Waals surface area contributed by atoms with E-state index in [9.17, 15) is 4.79 Å². The van der Waals surface area contributed by atoms with Gasteiger partial charge in [0, 0.05) is 14.1 Å². The van der Waals surface area contributed by atoms with Crippen molar-refractivity contribution in [3.8, 4) is 0 Å². The summed E-state index contributed by atoms with van der Waals surface area (Å²) in [7, 11) is 0. The molecule has 86 valence electrons. The summed E-state index contributed by atoms with van der Waals surface area (Å²) < 4.78 is 1.94. The molecule has 0 aromatic heterocycles. The second-order valence-electron chi connectivity index (χ2n) is 4.37. The van der Waals surface area contributed by atoms with Crippen molar-refractivity contribution < 1.29 is 4.79 Å². The molecule has 16 heavy (non-hydrogen) atoms. The topological polar surface area (TPSA) is 29.1 Å². The van der Waals surface area contributed by atoms with Crippen LogP contribution in [0.4, 0.5) is 0 Å². The molecule has 1 amide bonds. The minimum absolute atomic E-state index is 0.0441. The van der Waals surface area contributed by atoms with Gasteiger partial charge >= 0.3 is 0 Å². The minimum atomic E-state index is 0.0441. The van der Waals surface area contributed by atoms with Crippen LogP contribution in [-0.2, 0) is 0 Å². The zero-order valence-electron chi connectivity index (χ0n) is 8.97. The Morgan fingerprint density at radius 1 is 1.50 bits per heavy atom. The second-order valence-corrected chi connectivity index (χ2v) is 6.45. The van der Waals surface area contributed by atoms with Gasteiger partial charge in [0.05, 0.1) is 5.56 Å². The Morgan fingerprint density at radius 3 is 2.81 bits per heavy atom. The van der Waals surface area contributed by atoms with E-state index in [4.69, 9.17) is 0 Å². The zero-order valence-corrected chi connectivity index (χ0v) is 12.7. The van der Waals surface area contributed by atoms with Crippen molar-refractivity contribution in [1.82, 2.24) is 5.32 Å². The van der Waals surface area contributed by atoms with Crippen molar-refractivity contribution in [2.45, 2.75) is 25.8 Å². The number of rotatable bonds is 2. The van der Waals surface area contributed by atoms with Crippen molar-refractivity contribution in [3.63, 3.8) is 0 Å². The highest BCUT2D eigenvalue weighted by Crippen LogP contribution is 2.27. The second kappa shape index (κ2) is 5.04. The number of amides is 1. The van der Waals surface area contributed by atoms with E-state index in [0.29, 0.717) is 6.04 Å². The zero-order chi connectivity index (χ0) is 11.7. The molecule has 1 aromatic rings. The summed E-state index contributed by atoms with van der Waals surface area (Å²) in [5.74, 6) is 0.800.